The summed E-state index contributed by atoms with van der Waals surface area (Å²) in [4.78, 5) is 5.50. The van der Waals surface area contributed by atoms with Crippen LogP contribution in [0.5, 0.6) is 0 Å². The van der Waals surface area contributed by atoms with E-state index in [2.05, 4.69) is 30.6 Å². The lowest BCUT2D eigenvalue weighted by molar-refractivity contribution is 0.0936. The molecule has 1 saturated heterocycles. The van der Waals surface area contributed by atoms with Crippen molar-refractivity contribution in [1.29, 1.82) is 0 Å². The summed E-state index contributed by atoms with van der Waals surface area (Å²) in [5, 5.41) is 0. The van der Waals surface area contributed by atoms with Crippen molar-refractivity contribution in [3.8, 4) is 0 Å². The molecule has 0 bridgehead atoms. The largest absolute Gasteiger partial charge is 0.329 e. The van der Waals surface area contributed by atoms with E-state index in [4.69, 9.17) is 5.73 Å². The van der Waals surface area contributed by atoms with Gasteiger partial charge in [0.05, 0.1) is 0 Å². The molecule has 1 heterocycles. The van der Waals surface area contributed by atoms with E-state index in [1.54, 1.807) is 0 Å². The van der Waals surface area contributed by atoms with Gasteiger partial charge in [0.25, 0.3) is 0 Å². The van der Waals surface area contributed by atoms with Gasteiger partial charge in [0.1, 0.15) is 0 Å². The zero-order valence-electron chi connectivity index (χ0n) is 13.9. The first-order valence-electron chi connectivity index (χ1n) is 8.87. The Morgan fingerprint density at radius 2 is 1.75 bits per heavy atom. The highest BCUT2D eigenvalue weighted by molar-refractivity contribution is 5.06. The summed E-state index contributed by atoms with van der Waals surface area (Å²) in [6.07, 6.45) is 9.28. The molecule has 2 atom stereocenters. The highest BCUT2D eigenvalue weighted by atomic mass is 15.3. The van der Waals surface area contributed by atoms with Crippen molar-refractivity contribution in [1.82, 2.24) is 9.80 Å². The number of hydrogen-bond acceptors (Lipinski definition) is 3. The summed E-state index contributed by atoms with van der Waals surface area (Å²) in [5.41, 5.74) is 6.55. The lowest BCUT2D eigenvalue weighted by Crippen LogP contribution is -2.56. The SMILES string of the molecule is CCCCN(CCCC)C1(CN)CC(C)N(C2CC2)C1. The summed E-state index contributed by atoms with van der Waals surface area (Å²) in [5.74, 6) is 0. The molecule has 118 valence electrons. The van der Waals surface area contributed by atoms with Crippen molar-refractivity contribution in [2.45, 2.75) is 83.3 Å². The molecule has 1 saturated carbocycles. The Hall–Kier alpha value is -0.120. The van der Waals surface area contributed by atoms with Crippen molar-refractivity contribution < 1.29 is 0 Å². The fraction of sp³-hybridized carbons (Fsp3) is 1.00. The van der Waals surface area contributed by atoms with Crippen LogP contribution in [0.4, 0.5) is 0 Å². The first kappa shape index (κ1) is 16.3. The Morgan fingerprint density at radius 3 is 2.20 bits per heavy atom. The predicted molar refractivity (Wildman–Crippen MR) is 87.0 cm³/mol. The molecule has 3 nitrogen and oxygen atoms in total. The van der Waals surface area contributed by atoms with Crippen LogP contribution in [0.15, 0.2) is 0 Å². The second-order valence-corrected chi connectivity index (χ2v) is 7.08. The standard InChI is InChI=1S/C17H35N3/c1-4-6-10-19(11-7-5-2)17(13-18)12-15(3)20(14-17)16-8-9-16/h15-16H,4-14,18H2,1-3H3. The van der Waals surface area contributed by atoms with Gasteiger partial charge in [-0.3, -0.25) is 9.80 Å². The molecule has 0 aromatic carbocycles. The number of unbranched alkanes of at least 4 members (excludes halogenated alkanes) is 2. The fourth-order valence-electron chi connectivity index (χ4n) is 3.91. The van der Waals surface area contributed by atoms with Gasteiger partial charge in [-0.1, -0.05) is 26.7 Å². The number of rotatable bonds is 9. The van der Waals surface area contributed by atoms with Crippen LogP contribution >= 0.6 is 0 Å². The molecule has 0 amide bonds. The molecule has 1 aliphatic heterocycles. The van der Waals surface area contributed by atoms with Gasteiger partial charge < -0.3 is 5.73 Å². The van der Waals surface area contributed by atoms with Gasteiger partial charge in [0, 0.05) is 30.7 Å². The molecular weight excluding hydrogens is 246 g/mol. The summed E-state index contributed by atoms with van der Waals surface area (Å²) in [7, 11) is 0. The second kappa shape index (κ2) is 7.24. The third-order valence-corrected chi connectivity index (χ3v) is 5.35. The van der Waals surface area contributed by atoms with Gasteiger partial charge in [-0.2, -0.15) is 0 Å². The summed E-state index contributed by atoms with van der Waals surface area (Å²) < 4.78 is 0. The Bertz CT molecular complexity index is 282. The van der Waals surface area contributed by atoms with Crippen LogP contribution in [-0.2, 0) is 0 Å². The maximum absolute atomic E-state index is 6.29. The molecule has 0 aromatic rings. The van der Waals surface area contributed by atoms with Crippen molar-refractivity contribution >= 4 is 0 Å². The predicted octanol–water partition coefficient (Wildman–Crippen LogP) is 2.84. The number of hydrogen-bond donors (Lipinski definition) is 1. The van der Waals surface area contributed by atoms with Crippen LogP contribution in [0, 0.1) is 0 Å². The lowest BCUT2D eigenvalue weighted by atomic mass is 9.93. The van der Waals surface area contributed by atoms with E-state index in [-0.39, 0.29) is 5.54 Å². The Kier molecular flexibility index (Phi) is 5.88. The van der Waals surface area contributed by atoms with Crippen molar-refractivity contribution in [2.24, 2.45) is 5.73 Å². The van der Waals surface area contributed by atoms with Gasteiger partial charge in [-0.05, 0) is 52.1 Å². The van der Waals surface area contributed by atoms with Gasteiger partial charge >= 0.3 is 0 Å². The molecule has 2 unspecified atom stereocenters. The smallest absolute Gasteiger partial charge is 0.0473 e. The highest BCUT2D eigenvalue weighted by Crippen LogP contribution is 2.39. The molecule has 3 heteroatoms. The van der Waals surface area contributed by atoms with Crippen LogP contribution in [0.3, 0.4) is 0 Å². The minimum atomic E-state index is 0.256. The Labute approximate surface area is 125 Å². The molecule has 0 radical (unpaired) electrons. The van der Waals surface area contributed by atoms with E-state index >= 15 is 0 Å². The third-order valence-electron chi connectivity index (χ3n) is 5.35. The number of nitrogens with zero attached hydrogens (tertiary/aromatic N) is 2. The fourth-order valence-corrected chi connectivity index (χ4v) is 3.91. The Balaban J connectivity index is 2.05. The average molecular weight is 281 g/mol. The van der Waals surface area contributed by atoms with Crippen molar-refractivity contribution in [2.75, 3.05) is 26.2 Å². The van der Waals surface area contributed by atoms with E-state index in [1.807, 2.05) is 0 Å². The van der Waals surface area contributed by atoms with Crippen molar-refractivity contribution in [3.05, 3.63) is 0 Å². The highest BCUT2D eigenvalue weighted by Gasteiger charge is 2.48. The van der Waals surface area contributed by atoms with Gasteiger partial charge in [-0.25, -0.2) is 0 Å². The van der Waals surface area contributed by atoms with Crippen LogP contribution in [0.1, 0.15) is 65.7 Å². The number of likely N-dealkylation sites (tertiary alicyclic amines) is 1. The molecule has 0 aromatic heterocycles. The lowest BCUT2D eigenvalue weighted by Gasteiger charge is -2.41. The summed E-state index contributed by atoms with van der Waals surface area (Å²) in [6.45, 7) is 11.5. The molecule has 2 rings (SSSR count). The molecule has 0 spiro atoms. The number of nitrogens with two attached hydrogens (primary N) is 1. The quantitative estimate of drug-likeness (QED) is 0.705. The van der Waals surface area contributed by atoms with Gasteiger partial charge in [-0.15, -0.1) is 0 Å². The van der Waals surface area contributed by atoms with E-state index in [9.17, 15) is 0 Å². The molecule has 2 aliphatic rings. The molecule has 2 N–H and O–H groups in total. The third kappa shape index (κ3) is 3.55. The van der Waals surface area contributed by atoms with E-state index in [1.165, 1.54) is 64.6 Å². The van der Waals surface area contributed by atoms with E-state index in [0.29, 0.717) is 0 Å². The van der Waals surface area contributed by atoms with Crippen LogP contribution in [-0.4, -0.2) is 53.6 Å². The van der Waals surface area contributed by atoms with Gasteiger partial charge in [0.15, 0.2) is 0 Å². The normalized spacial score (nSPS) is 31.4. The zero-order chi connectivity index (χ0) is 14.6. The molecule has 2 fully saturated rings. The summed E-state index contributed by atoms with van der Waals surface area (Å²) >= 11 is 0. The summed E-state index contributed by atoms with van der Waals surface area (Å²) in [6, 6.07) is 1.59. The first-order valence-corrected chi connectivity index (χ1v) is 8.87. The Morgan fingerprint density at radius 1 is 1.15 bits per heavy atom. The first-order chi connectivity index (χ1) is 9.66. The minimum Gasteiger partial charge on any atom is -0.329 e. The van der Waals surface area contributed by atoms with Crippen LogP contribution in [0.25, 0.3) is 0 Å². The minimum absolute atomic E-state index is 0.256. The topological polar surface area (TPSA) is 32.5 Å². The molecular formula is C17H35N3. The van der Waals surface area contributed by atoms with Crippen LogP contribution in [0.2, 0.25) is 0 Å². The van der Waals surface area contributed by atoms with E-state index in [0.717, 1.165) is 18.6 Å². The van der Waals surface area contributed by atoms with Crippen LogP contribution < -0.4 is 5.73 Å². The van der Waals surface area contributed by atoms with Gasteiger partial charge in [0.2, 0.25) is 0 Å². The zero-order valence-corrected chi connectivity index (χ0v) is 13.9. The monoisotopic (exact) mass is 281 g/mol. The van der Waals surface area contributed by atoms with Crippen molar-refractivity contribution in [3.63, 3.8) is 0 Å². The maximum Gasteiger partial charge on any atom is 0.0473 e. The second-order valence-electron chi connectivity index (χ2n) is 7.08. The maximum atomic E-state index is 6.29. The molecule has 20 heavy (non-hydrogen) atoms. The average Bonchev–Trinajstić information content (AvgIpc) is 3.23. The van der Waals surface area contributed by atoms with E-state index < -0.39 is 0 Å². The molecule has 1 aliphatic carbocycles.